The molecular weight excluding hydrogens is 260 g/mol. The van der Waals surface area contributed by atoms with Crippen molar-refractivity contribution in [2.75, 3.05) is 23.7 Å². The number of nitrogens with two attached hydrogens (primary N) is 1. The van der Waals surface area contributed by atoms with E-state index in [-0.39, 0.29) is 5.82 Å². The van der Waals surface area contributed by atoms with Gasteiger partial charge in [-0.15, -0.1) is 0 Å². The molecule has 1 aromatic heterocycles. The summed E-state index contributed by atoms with van der Waals surface area (Å²) in [7, 11) is 0. The van der Waals surface area contributed by atoms with E-state index < -0.39 is 17.4 Å². The molecule has 1 aliphatic heterocycles. The van der Waals surface area contributed by atoms with Crippen molar-refractivity contribution in [3.8, 4) is 0 Å². The second-order valence-electron chi connectivity index (χ2n) is 5.24. The molecule has 7 heteroatoms. The van der Waals surface area contributed by atoms with Gasteiger partial charge in [0, 0.05) is 19.6 Å². The second kappa shape index (κ2) is 6.13. The molecule has 7 nitrogen and oxygen atoms in total. The normalized spacial score (nSPS) is 19.3. The lowest BCUT2D eigenvalue weighted by atomic mass is 10.1. The van der Waals surface area contributed by atoms with Crippen LogP contribution in [0.25, 0.3) is 0 Å². The third-order valence-electron chi connectivity index (χ3n) is 3.66. The molecule has 0 aliphatic carbocycles. The van der Waals surface area contributed by atoms with Crippen LogP contribution in [-0.4, -0.2) is 33.9 Å². The molecule has 0 aromatic carbocycles. The van der Waals surface area contributed by atoms with Crippen LogP contribution < -0.4 is 21.9 Å². The van der Waals surface area contributed by atoms with Crippen molar-refractivity contribution in [2.45, 2.75) is 45.3 Å². The Balaban J connectivity index is 2.41. The Bertz CT molecular complexity index is 578. The minimum Gasteiger partial charge on any atom is -0.391 e. The van der Waals surface area contributed by atoms with Crippen LogP contribution in [-0.2, 0) is 6.54 Å². The van der Waals surface area contributed by atoms with Crippen molar-refractivity contribution in [3.63, 3.8) is 0 Å². The molecule has 0 spiro atoms. The molecule has 2 heterocycles. The van der Waals surface area contributed by atoms with Crippen LogP contribution in [0, 0.1) is 0 Å². The number of piperidine rings is 1. The molecule has 1 saturated heterocycles. The van der Waals surface area contributed by atoms with Crippen LogP contribution in [0.4, 0.5) is 11.5 Å². The van der Waals surface area contributed by atoms with Crippen molar-refractivity contribution in [2.24, 2.45) is 0 Å². The maximum absolute atomic E-state index is 12.0. The third kappa shape index (κ3) is 2.87. The summed E-state index contributed by atoms with van der Waals surface area (Å²) in [6, 6.07) is 0. The molecule has 0 radical (unpaired) electrons. The van der Waals surface area contributed by atoms with E-state index in [4.69, 9.17) is 5.73 Å². The number of aliphatic hydroxyl groups excluding tert-OH is 1. The zero-order valence-electron chi connectivity index (χ0n) is 11.8. The van der Waals surface area contributed by atoms with Crippen molar-refractivity contribution in [3.05, 3.63) is 20.8 Å². The average Bonchev–Trinajstić information content (AvgIpc) is 2.38. The van der Waals surface area contributed by atoms with Gasteiger partial charge < -0.3 is 15.7 Å². The SMILES string of the molecule is CCCCn1c(N)c(N2CCC[C@H](O)C2)c(=O)[nH]c1=O. The maximum Gasteiger partial charge on any atom is 0.330 e. The van der Waals surface area contributed by atoms with Crippen LogP contribution >= 0.6 is 0 Å². The summed E-state index contributed by atoms with van der Waals surface area (Å²) < 4.78 is 1.40. The molecule has 1 atom stereocenters. The Morgan fingerprint density at radius 2 is 2.20 bits per heavy atom. The molecule has 20 heavy (non-hydrogen) atoms. The number of aliphatic hydroxyl groups is 1. The Hall–Kier alpha value is -1.76. The molecule has 0 bridgehead atoms. The van der Waals surface area contributed by atoms with E-state index >= 15 is 0 Å². The van der Waals surface area contributed by atoms with Gasteiger partial charge in [0.05, 0.1) is 6.10 Å². The van der Waals surface area contributed by atoms with E-state index in [9.17, 15) is 14.7 Å². The van der Waals surface area contributed by atoms with Gasteiger partial charge in [-0.1, -0.05) is 13.3 Å². The number of unbranched alkanes of at least 4 members (excludes halogenated alkanes) is 1. The summed E-state index contributed by atoms with van der Waals surface area (Å²) in [5.74, 6) is 0.196. The molecule has 0 saturated carbocycles. The minimum atomic E-state index is -0.477. The standard InChI is InChI=1S/C13H22N4O3/c1-2-3-7-17-11(14)10(12(19)15-13(17)20)16-6-4-5-9(18)8-16/h9,18H,2-8,14H2,1H3,(H,15,19,20)/t9-/m0/s1. The smallest absolute Gasteiger partial charge is 0.330 e. The number of β-amino-alcohol motifs (C(OH)–C–C–N with tert-alkyl or cyclic N) is 1. The highest BCUT2D eigenvalue weighted by Crippen LogP contribution is 2.21. The van der Waals surface area contributed by atoms with Gasteiger partial charge in [-0.2, -0.15) is 0 Å². The molecule has 0 amide bonds. The average molecular weight is 282 g/mol. The number of nitrogens with zero attached hydrogens (tertiary/aromatic N) is 2. The lowest BCUT2D eigenvalue weighted by molar-refractivity contribution is 0.154. The van der Waals surface area contributed by atoms with E-state index in [0.717, 1.165) is 25.7 Å². The number of hydrogen-bond donors (Lipinski definition) is 3. The number of anilines is 2. The molecule has 2 rings (SSSR count). The van der Waals surface area contributed by atoms with Gasteiger partial charge in [0.1, 0.15) is 11.5 Å². The van der Waals surface area contributed by atoms with Gasteiger partial charge in [-0.05, 0) is 19.3 Å². The highest BCUT2D eigenvalue weighted by atomic mass is 16.3. The van der Waals surface area contributed by atoms with E-state index in [1.807, 2.05) is 6.92 Å². The van der Waals surface area contributed by atoms with Crippen LogP contribution in [0.5, 0.6) is 0 Å². The Labute approximate surface area is 117 Å². The second-order valence-corrected chi connectivity index (χ2v) is 5.24. The third-order valence-corrected chi connectivity index (χ3v) is 3.66. The van der Waals surface area contributed by atoms with Crippen LogP contribution in [0.3, 0.4) is 0 Å². The highest BCUT2D eigenvalue weighted by molar-refractivity contribution is 5.62. The molecular formula is C13H22N4O3. The lowest BCUT2D eigenvalue weighted by Gasteiger charge is -2.32. The molecule has 1 aromatic rings. The van der Waals surface area contributed by atoms with Gasteiger partial charge in [0.2, 0.25) is 0 Å². The first kappa shape index (κ1) is 14.6. The van der Waals surface area contributed by atoms with Gasteiger partial charge in [-0.25, -0.2) is 4.79 Å². The summed E-state index contributed by atoms with van der Waals surface area (Å²) in [5.41, 5.74) is 5.38. The first-order valence-corrected chi connectivity index (χ1v) is 7.10. The first-order chi connectivity index (χ1) is 9.54. The summed E-state index contributed by atoms with van der Waals surface area (Å²) in [4.78, 5) is 27.9. The van der Waals surface area contributed by atoms with Gasteiger partial charge in [0.15, 0.2) is 0 Å². The fraction of sp³-hybridized carbons (Fsp3) is 0.692. The van der Waals surface area contributed by atoms with Crippen molar-refractivity contribution < 1.29 is 5.11 Å². The van der Waals surface area contributed by atoms with Crippen molar-refractivity contribution >= 4 is 11.5 Å². The number of aromatic amines is 1. The van der Waals surface area contributed by atoms with Crippen LogP contribution in [0.15, 0.2) is 9.59 Å². The Morgan fingerprint density at radius 1 is 1.45 bits per heavy atom. The van der Waals surface area contributed by atoms with Crippen molar-refractivity contribution in [1.29, 1.82) is 0 Å². The number of H-pyrrole nitrogens is 1. The number of aromatic nitrogens is 2. The molecule has 4 N–H and O–H groups in total. The minimum absolute atomic E-state index is 0.196. The summed E-state index contributed by atoms with van der Waals surface area (Å²) in [5, 5.41) is 9.72. The molecule has 0 unspecified atom stereocenters. The number of rotatable bonds is 4. The number of nitrogens with one attached hydrogen (secondary N) is 1. The quantitative estimate of drug-likeness (QED) is 0.714. The van der Waals surface area contributed by atoms with Gasteiger partial charge in [0.25, 0.3) is 5.56 Å². The predicted molar refractivity (Wildman–Crippen MR) is 78.1 cm³/mol. The van der Waals surface area contributed by atoms with Crippen LogP contribution in [0.2, 0.25) is 0 Å². The maximum atomic E-state index is 12.0. The number of nitrogen functional groups attached to an aromatic ring is 1. The van der Waals surface area contributed by atoms with Gasteiger partial charge in [-0.3, -0.25) is 14.3 Å². The fourth-order valence-electron chi connectivity index (χ4n) is 2.58. The number of hydrogen-bond acceptors (Lipinski definition) is 5. The zero-order chi connectivity index (χ0) is 14.7. The summed E-state index contributed by atoms with van der Waals surface area (Å²) in [6.07, 6.45) is 2.82. The predicted octanol–water partition coefficient (Wildman–Crippen LogP) is -0.120. The highest BCUT2D eigenvalue weighted by Gasteiger charge is 2.23. The van der Waals surface area contributed by atoms with Gasteiger partial charge >= 0.3 is 5.69 Å². The van der Waals surface area contributed by atoms with Crippen LogP contribution in [0.1, 0.15) is 32.6 Å². The summed E-state index contributed by atoms with van der Waals surface area (Å²) in [6.45, 7) is 3.55. The Morgan fingerprint density at radius 3 is 2.85 bits per heavy atom. The van der Waals surface area contributed by atoms with E-state index in [2.05, 4.69) is 4.98 Å². The lowest BCUT2D eigenvalue weighted by Crippen LogP contribution is -2.44. The fourth-order valence-corrected chi connectivity index (χ4v) is 2.58. The first-order valence-electron chi connectivity index (χ1n) is 7.10. The Kier molecular flexibility index (Phi) is 4.49. The van der Waals surface area contributed by atoms with Crippen molar-refractivity contribution in [1.82, 2.24) is 9.55 Å². The van der Waals surface area contributed by atoms with E-state index in [1.165, 1.54) is 4.57 Å². The topological polar surface area (TPSA) is 104 Å². The largest absolute Gasteiger partial charge is 0.391 e. The summed E-state index contributed by atoms with van der Waals surface area (Å²) >= 11 is 0. The monoisotopic (exact) mass is 282 g/mol. The molecule has 112 valence electrons. The van der Waals surface area contributed by atoms with E-state index in [1.54, 1.807) is 4.90 Å². The molecule has 1 fully saturated rings. The zero-order valence-corrected chi connectivity index (χ0v) is 11.8. The van der Waals surface area contributed by atoms with E-state index in [0.29, 0.717) is 25.3 Å². The molecule has 1 aliphatic rings.